The van der Waals surface area contributed by atoms with Gasteiger partial charge in [0.1, 0.15) is 0 Å². The standard InChI is InChI=1S/C14H20Cl2N2S/c1-9(12-8-13(15)19-14(12)16)17-10-4-6-18-5-2-3-11(18)7-10/h8-11,17H,2-7H2,1H3. The topological polar surface area (TPSA) is 15.3 Å². The van der Waals surface area contributed by atoms with Crippen LogP contribution in [0.1, 0.15) is 44.2 Å². The molecule has 0 saturated carbocycles. The maximum Gasteiger partial charge on any atom is 0.0991 e. The van der Waals surface area contributed by atoms with E-state index in [-0.39, 0.29) is 6.04 Å². The van der Waals surface area contributed by atoms with Crippen molar-refractivity contribution in [2.75, 3.05) is 13.1 Å². The Morgan fingerprint density at radius 2 is 2.21 bits per heavy atom. The third kappa shape index (κ3) is 3.11. The van der Waals surface area contributed by atoms with Crippen LogP contribution in [0.2, 0.25) is 8.67 Å². The van der Waals surface area contributed by atoms with E-state index in [1.54, 1.807) is 0 Å². The summed E-state index contributed by atoms with van der Waals surface area (Å²) in [4.78, 5) is 2.65. The second-order valence-electron chi connectivity index (χ2n) is 5.72. The van der Waals surface area contributed by atoms with E-state index in [0.29, 0.717) is 6.04 Å². The van der Waals surface area contributed by atoms with E-state index in [1.807, 2.05) is 6.07 Å². The minimum absolute atomic E-state index is 0.286. The second-order valence-corrected chi connectivity index (χ2v) is 8.01. The third-order valence-electron chi connectivity index (χ3n) is 4.46. The molecule has 106 valence electrons. The molecule has 2 aliphatic rings. The van der Waals surface area contributed by atoms with Crippen molar-refractivity contribution in [2.24, 2.45) is 0 Å². The lowest BCUT2D eigenvalue weighted by molar-refractivity contribution is 0.162. The van der Waals surface area contributed by atoms with E-state index >= 15 is 0 Å². The van der Waals surface area contributed by atoms with Crippen molar-refractivity contribution in [2.45, 2.75) is 50.7 Å². The number of nitrogens with zero attached hydrogens (tertiary/aromatic N) is 1. The molecule has 1 N–H and O–H groups in total. The summed E-state index contributed by atoms with van der Waals surface area (Å²) in [6.07, 6.45) is 5.27. The molecule has 3 atom stereocenters. The highest BCUT2D eigenvalue weighted by molar-refractivity contribution is 7.20. The zero-order chi connectivity index (χ0) is 13.4. The summed E-state index contributed by atoms with van der Waals surface area (Å²) in [5.74, 6) is 0. The monoisotopic (exact) mass is 318 g/mol. The van der Waals surface area contributed by atoms with Crippen LogP contribution in [-0.4, -0.2) is 30.1 Å². The number of rotatable bonds is 3. The van der Waals surface area contributed by atoms with Crippen LogP contribution in [0.25, 0.3) is 0 Å². The molecule has 2 aliphatic heterocycles. The second kappa shape index (κ2) is 5.90. The average molecular weight is 319 g/mol. The number of halogens is 2. The Labute approximate surface area is 129 Å². The maximum absolute atomic E-state index is 6.23. The third-order valence-corrected chi connectivity index (χ3v) is 5.97. The Morgan fingerprint density at radius 3 is 2.95 bits per heavy atom. The van der Waals surface area contributed by atoms with E-state index in [2.05, 4.69) is 17.1 Å². The van der Waals surface area contributed by atoms with Crippen LogP contribution < -0.4 is 5.32 Å². The number of hydrogen-bond acceptors (Lipinski definition) is 3. The SMILES string of the molecule is CC(NC1CCN2CCCC2C1)c1cc(Cl)sc1Cl. The molecule has 3 unspecified atom stereocenters. The molecular weight excluding hydrogens is 299 g/mol. The molecule has 1 aromatic rings. The summed E-state index contributed by atoms with van der Waals surface area (Å²) in [7, 11) is 0. The van der Waals surface area contributed by atoms with Crippen LogP contribution >= 0.6 is 34.5 Å². The van der Waals surface area contributed by atoms with E-state index in [4.69, 9.17) is 23.2 Å². The van der Waals surface area contributed by atoms with Gasteiger partial charge in [-0.3, -0.25) is 0 Å². The molecule has 5 heteroatoms. The number of piperidine rings is 1. The first-order chi connectivity index (χ1) is 9.13. The van der Waals surface area contributed by atoms with Crippen molar-refractivity contribution in [1.82, 2.24) is 10.2 Å². The van der Waals surface area contributed by atoms with Gasteiger partial charge in [0.2, 0.25) is 0 Å². The molecule has 2 saturated heterocycles. The fraction of sp³-hybridized carbons (Fsp3) is 0.714. The number of hydrogen-bond donors (Lipinski definition) is 1. The Bertz CT molecular complexity index is 449. The van der Waals surface area contributed by atoms with E-state index in [1.165, 1.54) is 50.1 Å². The summed E-state index contributed by atoms with van der Waals surface area (Å²) in [6, 6.07) is 3.70. The first-order valence-corrected chi connectivity index (χ1v) is 8.65. The van der Waals surface area contributed by atoms with Gasteiger partial charge in [-0.25, -0.2) is 0 Å². The molecular formula is C14H20Cl2N2S. The van der Waals surface area contributed by atoms with Crippen LogP contribution in [0, 0.1) is 0 Å². The summed E-state index contributed by atoms with van der Waals surface area (Å²) in [5, 5.41) is 3.74. The molecule has 2 fully saturated rings. The zero-order valence-electron chi connectivity index (χ0n) is 11.2. The van der Waals surface area contributed by atoms with Gasteiger partial charge in [-0.15, -0.1) is 11.3 Å². The fourth-order valence-corrected chi connectivity index (χ4v) is 5.11. The van der Waals surface area contributed by atoms with Gasteiger partial charge >= 0.3 is 0 Å². The zero-order valence-corrected chi connectivity index (χ0v) is 13.5. The summed E-state index contributed by atoms with van der Waals surface area (Å²) < 4.78 is 1.60. The van der Waals surface area contributed by atoms with Crippen molar-refractivity contribution in [3.8, 4) is 0 Å². The highest BCUT2D eigenvalue weighted by Gasteiger charge is 2.32. The van der Waals surface area contributed by atoms with Gasteiger partial charge in [-0.2, -0.15) is 0 Å². The lowest BCUT2D eigenvalue weighted by atomic mass is 9.96. The summed E-state index contributed by atoms with van der Waals surface area (Å²) in [5.41, 5.74) is 1.14. The van der Waals surface area contributed by atoms with Crippen LogP contribution in [0.4, 0.5) is 0 Å². The molecule has 3 rings (SSSR count). The molecule has 0 aromatic carbocycles. The largest absolute Gasteiger partial charge is 0.307 e. The smallest absolute Gasteiger partial charge is 0.0991 e. The molecule has 19 heavy (non-hydrogen) atoms. The van der Waals surface area contributed by atoms with Crippen molar-refractivity contribution in [3.05, 3.63) is 20.3 Å². The lowest BCUT2D eigenvalue weighted by Gasteiger charge is -2.36. The molecule has 2 nitrogen and oxygen atoms in total. The molecule has 1 aromatic heterocycles. The fourth-order valence-electron chi connectivity index (χ4n) is 3.47. The number of thiophene rings is 1. The average Bonchev–Trinajstić information content (AvgIpc) is 2.94. The Hall–Kier alpha value is 0.200. The minimum Gasteiger partial charge on any atom is -0.307 e. The normalized spacial score (nSPS) is 29.4. The van der Waals surface area contributed by atoms with Gasteiger partial charge in [0.25, 0.3) is 0 Å². The summed E-state index contributed by atoms with van der Waals surface area (Å²) >= 11 is 13.7. The van der Waals surface area contributed by atoms with Crippen LogP contribution in [-0.2, 0) is 0 Å². The highest BCUT2D eigenvalue weighted by Crippen LogP contribution is 2.36. The van der Waals surface area contributed by atoms with Crippen molar-refractivity contribution >= 4 is 34.5 Å². The Balaban J connectivity index is 1.60. The van der Waals surface area contributed by atoms with Gasteiger partial charge in [0.15, 0.2) is 0 Å². The van der Waals surface area contributed by atoms with Crippen LogP contribution in [0.15, 0.2) is 6.07 Å². The number of nitrogens with one attached hydrogen (secondary N) is 1. The minimum atomic E-state index is 0.286. The van der Waals surface area contributed by atoms with Crippen LogP contribution in [0.5, 0.6) is 0 Å². The predicted octanol–water partition coefficient (Wildman–Crippen LogP) is 4.33. The summed E-state index contributed by atoms with van der Waals surface area (Å²) in [6.45, 7) is 4.73. The number of fused-ring (bicyclic) bond motifs is 1. The van der Waals surface area contributed by atoms with E-state index in [9.17, 15) is 0 Å². The van der Waals surface area contributed by atoms with Gasteiger partial charge < -0.3 is 10.2 Å². The molecule has 0 radical (unpaired) electrons. The Kier molecular flexibility index (Phi) is 4.40. The predicted molar refractivity (Wildman–Crippen MR) is 83.5 cm³/mol. The van der Waals surface area contributed by atoms with Gasteiger partial charge in [-0.1, -0.05) is 23.2 Å². The van der Waals surface area contributed by atoms with Crippen molar-refractivity contribution in [1.29, 1.82) is 0 Å². The maximum atomic E-state index is 6.23. The highest BCUT2D eigenvalue weighted by atomic mass is 35.5. The van der Waals surface area contributed by atoms with Crippen molar-refractivity contribution in [3.63, 3.8) is 0 Å². The van der Waals surface area contributed by atoms with E-state index < -0.39 is 0 Å². The van der Waals surface area contributed by atoms with Gasteiger partial charge in [0.05, 0.1) is 8.67 Å². The molecule has 3 heterocycles. The van der Waals surface area contributed by atoms with Crippen molar-refractivity contribution < 1.29 is 0 Å². The van der Waals surface area contributed by atoms with Crippen LogP contribution in [0.3, 0.4) is 0 Å². The molecule has 0 aliphatic carbocycles. The van der Waals surface area contributed by atoms with Gasteiger partial charge in [-0.05, 0) is 57.3 Å². The Morgan fingerprint density at radius 1 is 1.37 bits per heavy atom. The lowest BCUT2D eigenvalue weighted by Crippen LogP contribution is -2.46. The molecule has 0 bridgehead atoms. The molecule has 0 spiro atoms. The van der Waals surface area contributed by atoms with Gasteiger partial charge in [0, 0.05) is 18.1 Å². The van der Waals surface area contributed by atoms with E-state index in [0.717, 1.165) is 20.3 Å². The molecule has 0 amide bonds. The quantitative estimate of drug-likeness (QED) is 0.892. The first-order valence-electron chi connectivity index (χ1n) is 7.08. The first kappa shape index (κ1) is 14.2.